The second-order valence-electron chi connectivity index (χ2n) is 10.6. The molecular formula is C30H38BrN3O2. The number of morpholine rings is 1. The van der Waals surface area contributed by atoms with Crippen LogP contribution in [0.4, 0.5) is 0 Å². The number of benzene rings is 2. The Morgan fingerprint density at radius 3 is 2.83 bits per heavy atom. The number of nitrogens with one attached hydrogen (secondary N) is 2. The minimum absolute atomic E-state index is 0.0142. The van der Waals surface area contributed by atoms with Gasteiger partial charge in [0.05, 0.1) is 12.7 Å². The van der Waals surface area contributed by atoms with Gasteiger partial charge in [-0.3, -0.25) is 4.79 Å². The highest BCUT2D eigenvalue weighted by Gasteiger charge is 2.25. The van der Waals surface area contributed by atoms with E-state index in [1.807, 2.05) is 0 Å². The van der Waals surface area contributed by atoms with Crippen molar-refractivity contribution in [2.45, 2.75) is 64.0 Å². The van der Waals surface area contributed by atoms with Crippen LogP contribution in [0.15, 0.2) is 53.1 Å². The van der Waals surface area contributed by atoms with Crippen LogP contribution in [0.5, 0.6) is 0 Å². The first-order chi connectivity index (χ1) is 17.6. The number of aromatic nitrogens is 1. The Bertz CT molecular complexity index is 1180. The van der Waals surface area contributed by atoms with E-state index in [2.05, 4.69) is 86.7 Å². The summed E-state index contributed by atoms with van der Waals surface area (Å²) in [7, 11) is 0. The molecule has 1 aliphatic heterocycles. The molecule has 1 aromatic heterocycles. The van der Waals surface area contributed by atoms with E-state index in [0.29, 0.717) is 19.6 Å². The summed E-state index contributed by atoms with van der Waals surface area (Å²) in [6.45, 7) is 6.07. The summed E-state index contributed by atoms with van der Waals surface area (Å²) >= 11 is 3.70. The van der Waals surface area contributed by atoms with Crippen molar-refractivity contribution in [3.8, 4) is 0 Å². The van der Waals surface area contributed by atoms with Crippen LogP contribution in [-0.4, -0.2) is 42.8 Å². The van der Waals surface area contributed by atoms with Gasteiger partial charge < -0.3 is 19.9 Å². The lowest BCUT2D eigenvalue weighted by atomic mass is 9.87. The molecule has 2 unspecified atom stereocenters. The molecule has 2 heterocycles. The van der Waals surface area contributed by atoms with Gasteiger partial charge in [-0.05, 0) is 55.0 Å². The van der Waals surface area contributed by atoms with Gasteiger partial charge in [-0.1, -0.05) is 65.0 Å². The van der Waals surface area contributed by atoms with E-state index in [1.54, 1.807) is 0 Å². The van der Waals surface area contributed by atoms with E-state index in [-0.39, 0.29) is 17.9 Å². The number of rotatable bonds is 8. The second-order valence-corrected chi connectivity index (χ2v) is 11.5. The molecule has 5 nitrogen and oxygen atoms in total. The third kappa shape index (κ3) is 6.21. The van der Waals surface area contributed by atoms with Crippen LogP contribution >= 0.6 is 15.9 Å². The van der Waals surface area contributed by atoms with Crippen LogP contribution in [0.2, 0.25) is 0 Å². The molecule has 2 fully saturated rings. The molecule has 3 aromatic rings. The van der Waals surface area contributed by atoms with Gasteiger partial charge in [-0.25, -0.2) is 0 Å². The van der Waals surface area contributed by atoms with Crippen LogP contribution in [-0.2, 0) is 16.1 Å². The zero-order valence-electron chi connectivity index (χ0n) is 21.3. The quantitative estimate of drug-likeness (QED) is 0.365. The van der Waals surface area contributed by atoms with Gasteiger partial charge in [0.15, 0.2) is 0 Å². The van der Waals surface area contributed by atoms with Crippen LogP contribution in [0, 0.1) is 12.8 Å². The molecule has 1 saturated carbocycles. The van der Waals surface area contributed by atoms with Gasteiger partial charge in [0.2, 0.25) is 5.91 Å². The Kier molecular flexibility index (Phi) is 8.45. The number of carbonyl (C=O) groups excluding carboxylic acids is 1. The zero-order chi connectivity index (χ0) is 24.9. The third-order valence-electron chi connectivity index (χ3n) is 7.79. The highest BCUT2D eigenvalue weighted by Crippen LogP contribution is 2.37. The van der Waals surface area contributed by atoms with Crippen molar-refractivity contribution in [1.29, 1.82) is 0 Å². The molecule has 1 amide bonds. The van der Waals surface area contributed by atoms with Crippen LogP contribution in [0.25, 0.3) is 10.9 Å². The molecule has 0 radical (unpaired) electrons. The average molecular weight is 553 g/mol. The lowest BCUT2D eigenvalue weighted by molar-refractivity contribution is -0.122. The minimum atomic E-state index is -0.0142. The summed E-state index contributed by atoms with van der Waals surface area (Å²) in [5.41, 5.74) is 4.90. The van der Waals surface area contributed by atoms with Crippen molar-refractivity contribution in [2.24, 2.45) is 5.92 Å². The highest BCUT2D eigenvalue weighted by molar-refractivity contribution is 9.10. The molecule has 0 spiro atoms. The predicted octanol–water partition coefficient (Wildman–Crippen LogP) is 5.92. The van der Waals surface area contributed by atoms with Crippen LogP contribution < -0.4 is 10.6 Å². The largest absolute Gasteiger partial charge is 0.374 e. The number of hydrogen-bond acceptors (Lipinski definition) is 3. The summed E-state index contributed by atoms with van der Waals surface area (Å²) in [6, 6.07) is 15.2. The number of nitrogens with zero attached hydrogens (tertiary/aromatic N) is 1. The highest BCUT2D eigenvalue weighted by atomic mass is 79.9. The van der Waals surface area contributed by atoms with E-state index in [9.17, 15) is 4.79 Å². The Balaban J connectivity index is 1.45. The predicted molar refractivity (Wildman–Crippen MR) is 149 cm³/mol. The Hall–Kier alpha value is -2.15. The molecule has 2 N–H and O–H groups in total. The number of aryl methyl sites for hydroxylation is 1. The number of amides is 1. The fourth-order valence-corrected chi connectivity index (χ4v) is 6.26. The monoisotopic (exact) mass is 551 g/mol. The van der Waals surface area contributed by atoms with Crippen molar-refractivity contribution in [1.82, 2.24) is 15.2 Å². The maximum Gasteiger partial charge on any atom is 0.221 e. The summed E-state index contributed by atoms with van der Waals surface area (Å²) in [5.74, 6) is 0.786. The van der Waals surface area contributed by atoms with Crippen molar-refractivity contribution in [3.63, 3.8) is 0 Å². The maximum atomic E-state index is 13.3. The Morgan fingerprint density at radius 1 is 1.19 bits per heavy atom. The Morgan fingerprint density at radius 2 is 2.06 bits per heavy atom. The number of carbonyl (C=O) groups is 1. The number of hydrogen-bond donors (Lipinski definition) is 2. The molecule has 36 heavy (non-hydrogen) atoms. The summed E-state index contributed by atoms with van der Waals surface area (Å²) in [6.07, 6.45) is 9.46. The zero-order valence-corrected chi connectivity index (χ0v) is 22.9. The fourth-order valence-electron chi connectivity index (χ4n) is 5.90. The summed E-state index contributed by atoms with van der Waals surface area (Å²) in [5, 5.41) is 7.72. The second kappa shape index (κ2) is 11.9. The standard InChI is InChI=1S/C30H38BrN3O2/c1-21-6-5-9-23(14-21)26(16-30(35)33-18-25-17-32-12-13-36-25)28-20-34(19-22-7-3-2-4-8-22)29-11-10-24(31)15-27(28)29/h5-6,9-11,14-15,20,22,25-26,32H,2-4,7-8,12-13,16-19H2,1H3,(H,33,35). The van der Waals surface area contributed by atoms with Gasteiger partial charge in [0.25, 0.3) is 0 Å². The van der Waals surface area contributed by atoms with Crippen LogP contribution in [0.1, 0.15) is 61.1 Å². The first kappa shape index (κ1) is 25.5. The molecule has 6 heteroatoms. The van der Waals surface area contributed by atoms with Gasteiger partial charge in [-0.2, -0.15) is 0 Å². The van der Waals surface area contributed by atoms with E-state index < -0.39 is 0 Å². The van der Waals surface area contributed by atoms with E-state index >= 15 is 0 Å². The molecule has 2 atom stereocenters. The molecular weight excluding hydrogens is 514 g/mol. The molecule has 192 valence electrons. The van der Waals surface area contributed by atoms with Crippen molar-refractivity contribution in [3.05, 3.63) is 69.8 Å². The van der Waals surface area contributed by atoms with Gasteiger partial charge in [0.1, 0.15) is 0 Å². The SMILES string of the molecule is Cc1cccc(C(CC(=O)NCC2CNCCO2)c2cn(CC3CCCCC3)c3ccc(Br)cc23)c1. The molecule has 1 aliphatic carbocycles. The first-order valence-electron chi connectivity index (χ1n) is 13.5. The maximum absolute atomic E-state index is 13.3. The van der Waals surface area contributed by atoms with Gasteiger partial charge in [-0.15, -0.1) is 0 Å². The number of halogens is 1. The van der Waals surface area contributed by atoms with E-state index in [0.717, 1.165) is 30.0 Å². The van der Waals surface area contributed by atoms with Crippen molar-refractivity contribution in [2.75, 3.05) is 26.2 Å². The van der Waals surface area contributed by atoms with E-state index in [1.165, 1.54) is 59.7 Å². The summed E-state index contributed by atoms with van der Waals surface area (Å²) < 4.78 is 9.30. The Labute approximate surface area is 223 Å². The molecule has 2 aromatic carbocycles. The third-order valence-corrected chi connectivity index (χ3v) is 8.29. The topological polar surface area (TPSA) is 55.3 Å². The minimum Gasteiger partial charge on any atom is -0.374 e. The average Bonchev–Trinajstić information content (AvgIpc) is 3.24. The van der Waals surface area contributed by atoms with Gasteiger partial charge >= 0.3 is 0 Å². The molecule has 1 saturated heterocycles. The van der Waals surface area contributed by atoms with Crippen molar-refractivity contribution < 1.29 is 9.53 Å². The first-order valence-corrected chi connectivity index (χ1v) is 14.3. The normalized spacial score (nSPS) is 19.9. The van der Waals surface area contributed by atoms with Crippen LogP contribution in [0.3, 0.4) is 0 Å². The van der Waals surface area contributed by atoms with E-state index in [4.69, 9.17) is 4.74 Å². The molecule has 5 rings (SSSR count). The number of ether oxygens (including phenoxy) is 1. The smallest absolute Gasteiger partial charge is 0.221 e. The van der Waals surface area contributed by atoms with Crippen molar-refractivity contribution >= 4 is 32.7 Å². The van der Waals surface area contributed by atoms with Gasteiger partial charge in [0, 0.05) is 60.1 Å². The molecule has 0 bridgehead atoms. The molecule has 2 aliphatic rings. The lowest BCUT2D eigenvalue weighted by Crippen LogP contribution is -2.45. The summed E-state index contributed by atoms with van der Waals surface area (Å²) in [4.78, 5) is 13.3. The number of fused-ring (bicyclic) bond motifs is 1. The fraction of sp³-hybridized carbons (Fsp3) is 0.500. The lowest BCUT2D eigenvalue weighted by Gasteiger charge is -2.24.